The summed E-state index contributed by atoms with van der Waals surface area (Å²) < 4.78 is 0. The van der Waals surface area contributed by atoms with Crippen molar-refractivity contribution in [3.63, 3.8) is 0 Å². The predicted molar refractivity (Wildman–Crippen MR) is 113 cm³/mol. The second-order valence-corrected chi connectivity index (χ2v) is 6.66. The Hall–Kier alpha value is -3.18. The molecule has 3 rings (SSSR count). The van der Waals surface area contributed by atoms with Crippen LogP contribution in [0.3, 0.4) is 0 Å². The lowest BCUT2D eigenvalue weighted by Crippen LogP contribution is -2.30. The Balaban J connectivity index is 1.61. The average Bonchev–Trinajstić information content (AvgIpc) is 2.72. The van der Waals surface area contributed by atoms with Gasteiger partial charge >= 0.3 is 0 Å². The maximum absolute atomic E-state index is 12.3. The topological polar surface area (TPSA) is 70.2 Å². The molecule has 0 saturated heterocycles. The average molecular weight is 375 g/mol. The van der Waals surface area contributed by atoms with Crippen LogP contribution in [0, 0.1) is 0 Å². The highest BCUT2D eigenvalue weighted by atomic mass is 16.2. The first-order valence-corrected chi connectivity index (χ1v) is 9.47. The Labute approximate surface area is 165 Å². The van der Waals surface area contributed by atoms with Gasteiger partial charge < -0.3 is 16.0 Å². The summed E-state index contributed by atoms with van der Waals surface area (Å²) in [4.78, 5) is 24.3. The molecular formula is C23H25N3O2. The van der Waals surface area contributed by atoms with Crippen molar-refractivity contribution < 1.29 is 9.59 Å². The highest BCUT2D eigenvalue weighted by Gasteiger charge is 2.11. The molecule has 3 aromatic carbocycles. The van der Waals surface area contributed by atoms with Crippen LogP contribution in [-0.4, -0.2) is 24.9 Å². The van der Waals surface area contributed by atoms with E-state index < -0.39 is 0 Å². The van der Waals surface area contributed by atoms with Gasteiger partial charge in [0.15, 0.2) is 0 Å². The molecule has 1 atom stereocenters. The van der Waals surface area contributed by atoms with Crippen molar-refractivity contribution in [1.82, 2.24) is 10.6 Å². The fourth-order valence-electron chi connectivity index (χ4n) is 3.19. The molecule has 0 aliphatic carbocycles. The zero-order valence-electron chi connectivity index (χ0n) is 16.2. The van der Waals surface area contributed by atoms with Crippen molar-refractivity contribution in [3.8, 4) is 0 Å². The molecule has 144 valence electrons. The molecule has 3 aromatic rings. The van der Waals surface area contributed by atoms with Crippen LogP contribution >= 0.6 is 0 Å². The van der Waals surface area contributed by atoms with E-state index in [4.69, 9.17) is 0 Å². The SMILES string of the molecule is CCNC(=O)c1cccc(NC(=O)CN[C@@H](C)c2cccc3ccccc23)c1. The molecular weight excluding hydrogens is 350 g/mol. The van der Waals surface area contributed by atoms with Crippen molar-refractivity contribution in [2.75, 3.05) is 18.4 Å². The highest BCUT2D eigenvalue weighted by Crippen LogP contribution is 2.23. The lowest BCUT2D eigenvalue weighted by Gasteiger charge is -2.16. The van der Waals surface area contributed by atoms with Gasteiger partial charge in [-0.15, -0.1) is 0 Å². The molecule has 0 saturated carbocycles. The molecule has 0 unspecified atom stereocenters. The van der Waals surface area contributed by atoms with Gasteiger partial charge in [0.2, 0.25) is 5.91 Å². The summed E-state index contributed by atoms with van der Waals surface area (Å²) in [5.41, 5.74) is 2.29. The number of amides is 2. The van der Waals surface area contributed by atoms with E-state index >= 15 is 0 Å². The van der Waals surface area contributed by atoms with Gasteiger partial charge in [0.1, 0.15) is 0 Å². The molecule has 0 bridgehead atoms. The highest BCUT2D eigenvalue weighted by molar-refractivity contribution is 5.97. The van der Waals surface area contributed by atoms with Crippen LogP contribution in [0.4, 0.5) is 5.69 Å². The van der Waals surface area contributed by atoms with E-state index in [1.54, 1.807) is 24.3 Å². The van der Waals surface area contributed by atoms with E-state index in [2.05, 4.69) is 40.2 Å². The molecule has 2 amide bonds. The zero-order chi connectivity index (χ0) is 19.9. The van der Waals surface area contributed by atoms with Crippen molar-refractivity contribution in [3.05, 3.63) is 77.9 Å². The number of carbonyl (C=O) groups excluding carboxylic acids is 2. The molecule has 3 N–H and O–H groups in total. The molecule has 0 radical (unpaired) electrons. The first kappa shape index (κ1) is 19.6. The van der Waals surface area contributed by atoms with Crippen molar-refractivity contribution >= 4 is 28.3 Å². The van der Waals surface area contributed by atoms with Crippen LogP contribution in [-0.2, 0) is 4.79 Å². The number of carbonyl (C=O) groups is 2. The first-order valence-electron chi connectivity index (χ1n) is 9.47. The van der Waals surface area contributed by atoms with Crippen molar-refractivity contribution in [1.29, 1.82) is 0 Å². The Morgan fingerprint density at radius 2 is 1.71 bits per heavy atom. The first-order chi connectivity index (χ1) is 13.6. The van der Waals surface area contributed by atoms with Crippen LogP contribution in [0.1, 0.15) is 35.8 Å². The number of anilines is 1. The van der Waals surface area contributed by atoms with Crippen LogP contribution in [0.25, 0.3) is 10.8 Å². The summed E-state index contributed by atoms with van der Waals surface area (Å²) in [5.74, 6) is -0.304. The standard InChI is InChI=1S/C23H25N3O2/c1-3-24-23(28)18-10-6-11-19(14-18)26-22(27)15-25-16(2)20-13-7-9-17-8-4-5-12-21(17)20/h4-14,16,25H,3,15H2,1-2H3,(H,24,28)(H,26,27)/t16-/m0/s1. The smallest absolute Gasteiger partial charge is 0.251 e. The summed E-state index contributed by atoms with van der Waals surface area (Å²) in [6, 6.07) is 21.4. The lowest BCUT2D eigenvalue weighted by molar-refractivity contribution is -0.115. The number of fused-ring (bicyclic) bond motifs is 1. The van der Waals surface area contributed by atoms with Gasteiger partial charge in [0.25, 0.3) is 5.91 Å². The van der Waals surface area contributed by atoms with Crippen molar-refractivity contribution in [2.24, 2.45) is 0 Å². The van der Waals surface area contributed by atoms with Gasteiger partial charge in [-0.1, -0.05) is 48.5 Å². The van der Waals surface area contributed by atoms with Gasteiger partial charge in [-0.3, -0.25) is 9.59 Å². The van der Waals surface area contributed by atoms with Gasteiger partial charge in [0.05, 0.1) is 6.54 Å². The van der Waals surface area contributed by atoms with E-state index in [1.807, 2.05) is 32.0 Å². The zero-order valence-corrected chi connectivity index (χ0v) is 16.2. The van der Waals surface area contributed by atoms with Crippen LogP contribution in [0.15, 0.2) is 66.7 Å². The van der Waals surface area contributed by atoms with Gasteiger partial charge in [-0.25, -0.2) is 0 Å². The van der Waals surface area contributed by atoms with Crippen LogP contribution in [0.2, 0.25) is 0 Å². The van der Waals surface area contributed by atoms with Crippen LogP contribution < -0.4 is 16.0 Å². The maximum Gasteiger partial charge on any atom is 0.251 e. The molecule has 0 fully saturated rings. The Kier molecular flexibility index (Phi) is 6.40. The third-order valence-electron chi connectivity index (χ3n) is 4.60. The third-order valence-corrected chi connectivity index (χ3v) is 4.60. The van der Waals surface area contributed by atoms with E-state index in [0.717, 1.165) is 5.56 Å². The number of nitrogens with one attached hydrogen (secondary N) is 3. The third kappa shape index (κ3) is 4.75. The van der Waals surface area contributed by atoms with E-state index in [-0.39, 0.29) is 24.4 Å². The molecule has 5 heteroatoms. The second-order valence-electron chi connectivity index (χ2n) is 6.66. The predicted octanol–water partition coefficient (Wildman–Crippen LogP) is 3.88. The van der Waals surface area contributed by atoms with Gasteiger partial charge in [-0.2, -0.15) is 0 Å². The Morgan fingerprint density at radius 3 is 2.54 bits per heavy atom. The quantitative estimate of drug-likeness (QED) is 0.587. The minimum Gasteiger partial charge on any atom is -0.352 e. The molecule has 0 aliphatic rings. The Morgan fingerprint density at radius 1 is 0.964 bits per heavy atom. The number of rotatable bonds is 7. The molecule has 0 aromatic heterocycles. The molecule has 5 nitrogen and oxygen atoms in total. The lowest BCUT2D eigenvalue weighted by atomic mass is 10.00. The fourth-order valence-corrected chi connectivity index (χ4v) is 3.19. The summed E-state index contributed by atoms with van der Waals surface area (Å²) >= 11 is 0. The summed E-state index contributed by atoms with van der Waals surface area (Å²) in [6.07, 6.45) is 0. The second kappa shape index (κ2) is 9.15. The fraction of sp³-hybridized carbons (Fsp3) is 0.217. The van der Waals surface area contributed by atoms with Crippen molar-refractivity contribution in [2.45, 2.75) is 19.9 Å². The summed E-state index contributed by atoms with van der Waals surface area (Å²) in [5, 5.41) is 11.2. The van der Waals surface area contributed by atoms with Gasteiger partial charge in [0, 0.05) is 23.8 Å². The summed E-state index contributed by atoms with van der Waals surface area (Å²) in [7, 11) is 0. The normalized spacial score (nSPS) is 11.8. The monoisotopic (exact) mass is 375 g/mol. The largest absolute Gasteiger partial charge is 0.352 e. The number of hydrogen-bond donors (Lipinski definition) is 3. The van der Waals surface area contributed by atoms with E-state index in [1.165, 1.54) is 10.8 Å². The molecule has 0 spiro atoms. The number of hydrogen-bond acceptors (Lipinski definition) is 3. The summed E-state index contributed by atoms with van der Waals surface area (Å²) in [6.45, 7) is 4.65. The molecule has 0 heterocycles. The molecule has 0 aliphatic heterocycles. The Bertz CT molecular complexity index is 979. The van der Waals surface area contributed by atoms with E-state index in [9.17, 15) is 9.59 Å². The number of benzene rings is 3. The molecule has 28 heavy (non-hydrogen) atoms. The minimum absolute atomic E-state index is 0.0264. The van der Waals surface area contributed by atoms with Gasteiger partial charge in [-0.05, 0) is 48.4 Å². The maximum atomic E-state index is 12.3. The van der Waals surface area contributed by atoms with E-state index in [0.29, 0.717) is 17.8 Å². The van der Waals surface area contributed by atoms with Crippen LogP contribution in [0.5, 0.6) is 0 Å². The minimum atomic E-state index is -0.153.